The van der Waals surface area contributed by atoms with Crippen molar-refractivity contribution in [1.82, 2.24) is 5.32 Å². The molecule has 0 spiro atoms. The minimum absolute atomic E-state index is 0.415. The monoisotopic (exact) mass is 314 g/mol. The molecule has 0 bridgehead atoms. The molecule has 0 saturated heterocycles. The van der Waals surface area contributed by atoms with Crippen molar-refractivity contribution in [1.29, 1.82) is 0 Å². The van der Waals surface area contributed by atoms with Gasteiger partial charge in [-0.15, -0.1) is 0 Å². The molecule has 23 heavy (non-hydrogen) atoms. The maximum absolute atomic E-state index is 11.6. The second-order valence-electron chi connectivity index (χ2n) is 6.09. The first kappa shape index (κ1) is 18.6. The Kier molecular flexibility index (Phi) is 7.13. The number of carbonyl (C=O) groups excluding carboxylic acids is 1. The van der Waals surface area contributed by atoms with E-state index < -0.39 is 11.7 Å². The van der Waals surface area contributed by atoms with Crippen LogP contribution in [0.2, 0.25) is 0 Å². The number of amides is 1. The third-order valence-corrected chi connectivity index (χ3v) is 2.70. The smallest absolute Gasteiger partial charge is 0.407 e. The van der Waals surface area contributed by atoms with Crippen LogP contribution in [0.15, 0.2) is 60.8 Å². The maximum atomic E-state index is 11.6. The summed E-state index contributed by atoms with van der Waals surface area (Å²) in [6.45, 7) is 11.8. The van der Waals surface area contributed by atoms with Crippen molar-refractivity contribution >= 4 is 11.8 Å². The van der Waals surface area contributed by atoms with E-state index in [4.69, 9.17) is 4.74 Å². The standard InChI is InChI=1S/C19H26N2O2/c1-6-7-8-9-15(2)21-17-12-10-16(11-13-17)14-20-18(22)23-19(3,4)5/h6-13,21H,2,14H2,1,3-5H3,(H,20,22)/b7-6-,9-8-. The van der Waals surface area contributed by atoms with Gasteiger partial charge in [0.1, 0.15) is 5.60 Å². The predicted molar refractivity (Wildman–Crippen MR) is 96.2 cm³/mol. The first-order chi connectivity index (χ1) is 10.8. The zero-order valence-electron chi connectivity index (χ0n) is 14.3. The SMILES string of the molecule is C=C(/C=C\C=C/C)Nc1ccc(CNC(=O)OC(C)(C)C)cc1. The third-order valence-electron chi connectivity index (χ3n) is 2.70. The van der Waals surface area contributed by atoms with Crippen LogP contribution in [0.25, 0.3) is 0 Å². The van der Waals surface area contributed by atoms with Gasteiger partial charge in [0.05, 0.1) is 0 Å². The van der Waals surface area contributed by atoms with E-state index in [1.54, 1.807) is 0 Å². The van der Waals surface area contributed by atoms with E-state index in [0.29, 0.717) is 6.54 Å². The molecule has 1 amide bonds. The quantitative estimate of drug-likeness (QED) is 0.744. The van der Waals surface area contributed by atoms with Gasteiger partial charge in [0, 0.05) is 17.9 Å². The van der Waals surface area contributed by atoms with Crippen LogP contribution < -0.4 is 10.6 Å². The summed E-state index contributed by atoms with van der Waals surface area (Å²) in [7, 11) is 0. The van der Waals surface area contributed by atoms with Gasteiger partial charge in [-0.1, -0.05) is 36.9 Å². The van der Waals surface area contributed by atoms with E-state index >= 15 is 0 Å². The lowest BCUT2D eigenvalue weighted by Gasteiger charge is -2.19. The maximum Gasteiger partial charge on any atom is 0.407 e. The van der Waals surface area contributed by atoms with Crippen molar-refractivity contribution < 1.29 is 9.53 Å². The molecule has 2 N–H and O–H groups in total. The lowest BCUT2D eigenvalue weighted by molar-refractivity contribution is 0.0523. The van der Waals surface area contributed by atoms with Gasteiger partial charge >= 0.3 is 6.09 Å². The van der Waals surface area contributed by atoms with Gasteiger partial charge in [0.15, 0.2) is 0 Å². The van der Waals surface area contributed by atoms with E-state index in [2.05, 4.69) is 17.2 Å². The first-order valence-electron chi connectivity index (χ1n) is 7.61. The zero-order chi connectivity index (χ0) is 17.3. The number of carbonyl (C=O) groups is 1. The molecule has 0 heterocycles. The van der Waals surface area contributed by atoms with E-state index in [0.717, 1.165) is 16.9 Å². The molecule has 0 aliphatic rings. The topological polar surface area (TPSA) is 50.4 Å². The molecule has 0 saturated carbocycles. The van der Waals surface area contributed by atoms with Crippen LogP contribution in [0.5, 0.6) is 0 Å². The summed E-state index contributed by atoms with van der Waals surface area (Å²) in [6, 6.07) is 7.78. The number of nitrogens with one attached hydrogen (secondary N) is 2. The average molecular weight is 314 g/mol. The Labute approximate surface area is 138 Å². The van der Waals surface area contributed by atoms with Crippen molar-refractivity contribution in [3.05, 3.63) is 66.4 Å². The van der Waals surface area contributed by atoms with Gasteiger partial charge in [-0.3, -0.25) is 0 Å². The van der Waals surface area contributed by atoms with E-state index in [-0.39, 0.29) is 0 Å². The van der Waals surface area contributed by atoms with Crippen LogP contribution in [-0.2, 0) is 11.3 Å². The van der Waals surface area contributed by atoms with Crippen molar-refractivity contribution in [3.63, 3.8) is 0 Å². The summed E-state index contributed by atoms with van der Waals surface area (Å²) in [4.78, 5) is 11.6. The molecule has 124 valence electrons. The number of hydrogen-bond donors (Lipinski definition) is 2. The Morgan fingerprint density at radius 2 is 1.87 bits per heavy atom. The summed E-state index contributed by atoms with van der Waals surface area (Å²) >= 11 is 0. The summed E-state index contributed by atoms with van der Waals surface area (Å²) in [6.07, 6.45) is 7.31. The molecular weight excluding hydrogens is 288 g/mol. The number of alkyl carbamates (subject to hydrolysis) is 1. The number of rotatable bonds is 6. The molecule has 0 aliphatic heterocycles. The fraction of sp³-hybridized carbons (Fsp3) is 0.316. The predicted octanol–water partition coefficient (Wildman–Crippen LogP) is 4.77. The number of anilines is 1. The highest BCUT2D eigenvalue weighted by Gasteiger charge is 2.15. The number of benzene rings is 1. The fourth-order valence-electron chi connectivity index (χ4n) is 1.70. The Balaban J connectivity index is 2.47. The molecule has 4 heteroatoms. The largest absolute Gasteiger partial charge is 0.444 e. The normalized spacial score (nSPS) is 11.7. The Bertz CT molecular complexity index is 578. The highest BCUT2D eigenvalue weighted by atomic mass is 16.6. The Morgan fingerprint density at radius 1 is 1.22 bits per heavy atom. The molecule has 0 aliphatic carbocycles. The highest BCUT2D eigenvalue weighted by molar-refractivity contribution is 5.67. The number of allylic oxidation sites excluding steroid dienone is 4. The van der Waals surface area contributed by atoms with Gasteiger partial charge < -0.3 is 15.4 Å². The van der Waals surface area contributed by atoms with Crippen molar-refractivity contribution in [2.75, 3.05) is 5.32 Å². The Morgan fingerprint density at radius 3 is 2.43 bits per heavy atom. The molecule has 0 atom stereocenters. The zero-order valence-corrected chi connectivity index (χ0v) is 14.3. The number of ether oxygens (including phenoxy) is 1. The van der Waals surface area contributed by atoms with E-state index in [9.17, 15) is 4.79 Å². The highest BCUT2D eigenvalue weighted by Crippen LogP contribution is 2.12. The second-order valence-corrected chi connectivity index (χ2v) is 6.09. The molecule has 1 aromatic carbocycles. The lowest BCUT2D eigenvalue weighted by Crippen LogP contribution is -2.32. The van der Waals surface area contributed by atoms with Crippen LogP contribution in [0, 0.1) is 0 Å². The van der Waals surface area contributed by atoms with Gasteiger partial charge in [-0.25, -0.2) is 4.79 Å². The average Bonchev–Trinajstić information content (AvgIpc) is 2.45. The molecule has 0 radical (unpaired) electrons. The van der Waals surface area contributed by atoms with Gasteiger partial charge in [-0.2, -0.15) is 0 Å². The first-order valence-corrected chi connectivity index (χ1v) is 7.61. The lowest BCUT2D eigenvalue weighted by atomic mass is 10.2. The summed E-state index contributed by atoms with van der Waals surface area (Å²) in [5, 5.41) is 5.93. The molecular formula is C19H26N2O2. The van der Waals surface area contributed by atoms with Crippen molar-refractivity contribution in [2.45, 2.75) is 39.8 Å². The minimum atomic E-state index is -0.487. The minimum Gasteiger partial charge on any atom is -0.444 e. The summed E-state index contributed by atoms with van der Waals surface area (Å²) in [5.41, 5.74) is 2.26. The summed E-state index contributed by atoms with van der Waals surface area (Å²) < 4.78 is 5.20. The van der Waals surface area contributed by atoms with Crippen LogP contribution >= 0.6 is 0 Å². The van der Waals surface area contributed by atoms with Gasteiger partial charge in [-0.05, 0) is 51.5 Å². The van der Waals surface area contributed by atoms with Crippen molar-refractivity contribution in [3.8, 4) is 0 Å². The van der Waals surface area contributed by atoms with Crippen molar-refractivity contribution in [2.24, 2.45) is 0 Å². The molecule has 0 fully saturated rings. The van der Waals surface area contributed by atoms with Crippen LogP contribution in [0.1, 0.15) is 33.3 Å². The van der Waals surface area contributed by atoms with Crippen LogP contribution in [0.4, 0.5) is 10.5 Å². The van der Waals surface area contributed by atoms with Gasteiger partial charge in [0.25, 0.3) is 0 Å². The molecule has 0 unspecified atom stereocenters. The molecule has 1 rings (SSSR count). The second kappa shape index (κ2) is 8.83. The molecule has 1 aromatic rings. The van der Waals surface area contributed by atoms with E-state index in [1.165, 1.54) is 0 Å². The Hall–Kier alpha value is -2.49. The number of hydrogen-bond acceptors (Lipinski definition) is 3. The molecule has 4 nitrogen and oxygen atoms in total. The van der Waals surface area contributed by atoms with Crippen LogP contribution in [0.3, 0.4) is 0 Å². The summed E-state index contributed by atoms with van der Waals surface area (Å²) in [5.74, 6) is 0. The molecule has 0 aromatic heterocycles. The van der Waals surface area contributed by atoms with Crippen LogP contribution in [-0.4, -0.2) is 11.7 Å². The van der Waals surface area contributed by atoms with E-state index in [1.807, 2.05) is 76.3 Å². The van der Waals surface area contributed by atoms with Gasteiger partial charge in [0.2, 0.25) is 0 Å². The third kappa shape index (κ3) is 8.51. The fourth-order valence-corrected chi connectivity index (χ4v) is 1.70.